The zero-order valence-corrected chi connectivity index (χ0v) is 17.3. The van der Waals surface area contributed by atoms with Crippen LogP contribution in [0.15, 0.2) is 54.1 Å². The molecule has 3 rings (SSSR count). The minimum atomic E-state index is -0.463. The lowest BCUT2D eigenvalue weighted by Gasteiger charge is -2.11. The van der Waals surface area contributed by atoms with E-state index in [0.29, 0.717) is 17.9 Å². The molecule has 3 aromatic rings. The van der Waals surface area contributed by atoms with Gasteiger partial charge in [-0.1, -0.05) is 24.3 Å². The van der Waals surface area contributed by atoms with Gasteiger partial charge in [0.2, 0.25) is 5.91 Å². The van der Waals surface area contributed by atoms with Crippen molar-refractivity contribution in [3.8, 4) is 5.75 Å². The van der Waals surface area contributed by atoms with Crippen LogP contribution >= 0.6 is 11.3 Å². The Morgan fingerprint density at radius 1 is 1.24 bits per heavy atom. The second-order valence-corrected chi connectivity index (χ2v) is 7.64. The van der Waals surface area contributed by atoms with Crippen molar-refractivity contribution in [1.29, 1.82) is 0 Å². The molecule has 0 spiro atoms. The van der Waals surface area contributed by atoms with Crippen LogP contribution in [0, 0.1) is 5.82 Å². The monoisotopic (exact) mass is 412 g/mol. The van der Waals surface area contributed by atoms with E-state index in [0.717, 1.165) is 35.9 Å². The van der Waals surface area contributed by atoms with Crippen LogP contribution < -0.4 is 10.1 Å². The highest BCUT2D eigenvalue weighted by atomic mass is 32.1. The molecule has 6 heteroatoms. The first-order valence-corrected chi connectivity index (χ1v) is 10.7. The number of halogens is 1. The topological polar surface area (TPSA) is 51.2 Å². The van der Waals surface area contributed by atoms with E-state index in [2.05, 4.69) is 16.4 Å². The summed E-state index contributed by atoms with van der Waals surface area (Å²) in [5.41, 5.74) is 3.66. The van der Waals surface area contributed by atoms with Gasteiger partial charge in [0.05, 0.1) is 28.8 Å². The average molecular weight is 413 g/mol. The number of nitrogens with one attached hydrogen (secondary N) is 1. The van der Waals surface area contributed by atoms with Crippen LogP contribution in [0.5, 0.6) is 5.75 Å². The molecule has 0 radical (unpaired) electrons. The maximum absolute atomic E-state index is 14.7. The molecule has 0 aliphatic rings. The maximum atomic E-state index is 14.7. The van der Waals surface area contributed by atoms with E-state index in [-0.39, 0.29) is 18.1 Å². The number of fused-ring (bicyclic) bond motifs is 1. The van der Waals surface area contributed by atoms with Crippen molar-refractivity contribution in [3.63, 3.8) is 0 Å². The number of aromatic nitrogens is 1. The standard InChI is InChI=1S/C23H25FN2O2S/c1-2-3-4-5-6-7-13-28-20-10-8-9-17(23(20)24)14-22(27)26-18-11-12-19-21(15-18)29-16-25-19/h2-3,8-12,15-16H,4-7,13-14H2,1H3,(H,26,27)/b3-2+. The van der Waals surface area contributed by atoms with Crippen molar-refractivity contribution in [3.05, 3.63) is 65.4 Å². The third-order valence-corrected chi connectivity index (χ3v) is 5.31. The van der Waals surface area contributed by atoms with Gasteiger partial charge in [-0.25, -0.2) is 9.37 Å². The van der Waals surface area contributed by atoms with Gasteiger partial charge in [0.25, 0.3) is 0 Å². The van der Waals surface area contributed by atoms with Gasteiger partial charge in [-0.15, -0.1) is 11.3 Å². The third kappa shape index (κ3) is 6.12. The second kappa shape index (κ2) is 10.7. The molecule has 4 nitrogen and oxygen atoms in total. The first-order chi connectivity index (χ1) is 14.2. The Morgan fingerprint density at radius 2 is 2.14 bits per heavy atom. The molecule has 1 heterocycles. The number of carbonyl (C=O) groups is 1. The molecule has 29 heavy (non-hydrogen) atoms. The van der Waals surface area contributed by atoms with Crippen LogP contribution in [-0.4, -0.2) is 17.5 Å². The Bertz CT molecular complexity index is 984. The normalized spacial score (nSPS) is 11.2. The summed E-state index contributed by atoms with van der Waals surface area (Å²) in [4.78, 5) is 16.6. The van der Waals surface area contributed by atoms with Crippen molar-refractivity contribution < 1.29 is 13.9 Å². The number of hydrogen-bond acceptors (Lipinski definition) is 4. The van der Waals surface area contributed by atoms with E-state index in [4.69, 9.17) is 4.74 Å². The smallest absolute Gasteiger partial charge is 0.228 e. The SMILES string of the molecule is C/C=C/CCCCCOc1cccc(CC(=O)Nc2ccc3ncsc3c2)c1F. The van der Waals surface area contributed by atoms with Crippen molar-refractivity contribution in [2.24, 2.45) is 0 Å². The Labute approximate surface area is 174 Å². The van der Waals surface area contributed by atoms with E-state index in [1.807, 2.05) is 25.1 Å². The minimum absolute atomic E-state index is 0.0485. The van der Waals surface area contributed by atoms with Gasteiger partial charge in [-0.2, -0.15) is 0 Å². The average Bonchev–Trinajstić information content (AvgIpc) is 3.17. The number of carbonyl (C=O) groups excluding carboxylic acids is 1. The second-order valence-electron chi connectivity index (χ2n) is 6.76. The van der Waals surface area contributed by atoms with E-state index in [1.54, 1.807) is 29.8 Å². The number of ether oxygens (including phenoxy) is 1. The van der Waals surface area contributed by atoms with Gasteiger partial charge < -0.3 is 10.1 Å². The number of nitrogens with zero attached hydrogens (tertiary/aromatic N) is 1. The number of rotatable bonds is 10. The van der Waals surface area contributed by atoms with E-state index < -0.39 is 5.82 Å². The quantitative estimate of drug-likeness (QED) is 0.322. The molecule has 152 valence electrons. The van der Waals surface area contributed by atoms with Crippen LogP contribution in [0.25, 0.3) is 10.2 Å². The largest absolute Gasteiger partial charge is 0.491 e. The molecule has 0 bridgehead atoms. The Hall–Kier alpha value is -2.73. The van der Waals surface area contributed by atoms with Gasteiger partial charge in [-0.05, 0) is 56.9 Å². The van der Waals surface area contributed by atoms with Crippen molar-refractivity contribution in [2.45, 2.75) is 39.0 Å². The summed E-state index contributed by atoms with van der Waals surface area (Å²) in [5.74, 6) is -0.529. The molecule has 1 amide bonds. The number of anilines is 1. The van der Waals surface area contributed by atoms with Gasteiger partial charge in [0.1, 0.15) is 0 Å². The van der Waals surface area contributed by atoms with Crippen LogP contribution in [0.2, 0.25) is 0 Å². The van der Waals surface area contributed by atoms with E-state index >= 15 is 0 Å². The van der Waals surface area contributed by atoms with Crippen molar-refractivity contribution in [2.75, 3.05) is 11.9 Å². The molecule has 0 aliphatic heterocycles. The fraction of sp³-hybridized carbons (Fsp3) is 0.304. The van der Waals surface area contributed by atoms with Gasteiger partial charge >= 0.3 is 0 Å². The number of hydrogen-bond donors (Lipinski definition) is 1. The predicted octanol–water partition coefficient (Wildman–Crippen LogP) is 6.13. The summed E-state index contributed by atoms with van der Waals surface area (Å²) in [6, 6.07) is 10.5. The lowest BCUT2D eigenvalue weighted by atomic mass is 10.1. The summed E-state index contributed by atoms with van der Waals surface area (Å²) in [7, 11) is 0. The summed E-state index contributed by atoms with van der Waals surface area (Å²) in [6.07, 6.45) is 8.22. The Balaban J connectivity index is 1.52. The number of benzene rings is 2. The van der Waals surface area contributed by atoms with Crippen LogP contribution in [-0.2, 0) is 11.2 Å². The molecule has 0 saturated heterocycles. The summed E-state index contributed by atoms with van der Waals surface area (Å²) < 4.78 is 21.3. The highest BCUT2D eigenvalue weighted by Crippen LogP contribution is 2.24. The summed E-state index contributed by atoms with van der Waals surface area (Å²) >= 11 is 1.51. The molecule has 1 N–H and O–H groups in total. The number of unbranched alkanes of at least 4 members (excludes halogenated alkanes) is 3. The molecule has 0 aliphatic carbocycles. The molecular formula is C23H25FN2O2S. The third-order valence-electron chi connectivity index (χ3n) is 4.52. The molecule has 0 unspecified atom stereocenters. The fourth-order valence-electron chi connectivity index (χ4n) is 3.01. The highest BCUT2D eigenvalue weighted by molar-refractivity contribution is 7.16. The molecule has 1 aromatic heterocycles. The van der Waals surface area contributed by atoms with Gasteiger partial charge in [0, 0.05) is 11.3 Å². The molecule has 0 saturated carbocycles. The molecule has 2 aromatic carbocycles. The zero-order chi connectivity index (χ0) is 20.5. The molecular weight excluding hydrogens is 387 g/mol. The Morgan fingerprint density at radius 3 is 3.00 bits per heavy atom. The van der Waals surface area contributed by atoms with Gasteiger partial charge in [0.15, 0.2) is 11.6 Å². The predicted molar refractivity (Wildman–Crippen MR) is 117 cm³/mol. The van der Waals surface area contributed by atoms with Gasteiger partial charge in [-0.3, -0.25) is 4.79 Å². The Kier molecular flexibility index (Phi) is 7.76. The first-order valence-electron chi connectivity index (χ1n) is 9.82. The van der Waals surface area contributed by atoms with Crippen molar-refractivity contribution in [1.82, 2.24) is 4.98 Å². The molecule has 0 fully saturated rings. The maximum Gasteiger partial charge on any atom is 0.228 e. The lowest BCUT2D eigenvalue weighted by molar-refractivity contribution is -0.115. The van der Waals surface area contributed by atoms with E-state index in [1.165, 1.54) is 11.3 Å². The lowest BCUT2D eigenvalue weighted by Crippen LogP contribution is -2.15. The van der Waals surface area contributed by atoms with Crippen LogP contribution in [0.3, 0.4) is 0 Å². The van der Waals surface area contributed by atoms with E-state index in [9.17, 15) is 9.18 Å². The fourth-order valence-corrected chi connectivity index (χ4v) is 3.72. The first kappa shape index (κ1) is 21.0. The number of allylic oxidation sites excluding steroid dienone is 2. The summed E-state index contributed by atoms with van der Waals surface area (Å²) in [6.45, 7) is 2.48. The molecule has 0 atom stereocenters. The minimum Gasteiger partial charge on any atom is -0.491 e. The number of thiazole rings is 1. The number of amides is 1. The summed E-state index contributed by atoms with van der Waals surface area (Å²) in [5, 5.41) is 2.82. The van der Waals surface area contributed by atoms with Crippen molar-refractivity contribution >= 4 is 33.1 Å². The zero-order valence-electron chi connectivity index (χ0n) is 16.5. The van der Waals surface area contributed by atoms with Crippen LogP contribution in [0.1, 0.15) is 38.2 Å². The van der Waals surface area contributed by atoms with Crippen LogP contribution in [0.4, 0.5) is 10.1 Å². The highest BCUT2D eigenvalue weighted by Gasteiger charge is 2.13.